The molecular formula is C13H14FN3O. The topological polar surface area (TPSA) is 41.2 Å². The number of halogens is 1. The second-order valence-electron chi connectivity index (χ2n) is 4.24. The highest BCUT2D eigenvalue weighted by molar-refractivity contribution is 5.63. The predicted octanol–water partition coefficient (Wildman–Crippen LogP) is 2.05. The molecule has 2 heterocycles. The summed E-state index contributed by atoms with van der Waals surface area (Å²) in [6.45, 7) is 2.78. The number of rotatable bonds is 2. The van der Waals surface area contributed by atoms with E-state index >= 15 is 0 Å². The number of hydrogen-bond acceptors (Lipinski definition) is 3. The molecule has 3 rings (SSSR count). The van der Waals surface area contributed by atoms with E-state index in [0.29, 0.717) is 18.9 Å². The second-order valence-corrected chi connectivity index (χ2v) is 4.24. The van der Waals surface area contributed by atoms with Crippen molar-refractivity contribution in [3.05, 3.63) is 36.3 Å². The standard InChI is InChI=1S/C13H14FN3O/c14-11-9-10(12-3-4-15-16-12)1-2-13(11)17-5-7-18-8-6-17/h1-4,9H,5-8H2,(H,15,16). The van der Waals surface area contributed by atoms with Crippen LogP contribution in [0.1, 0.15) is 0 Å². The summed E-state index contributed by atoms with van der Waals surface area (Å²) in [6.07, 6.45) is 1.66. The maximum Gasteiger partial charge on any atom is 0.147 e. The number of aromatic nitrogens is 2. The van der Waals surface area contributed by atoms with Crippen LogP contribution in [0.15, 0.2) is 30.5 Å². The lowest BCUT2D eigenvalue weighted by atomic mass is 10.1. The first kappa shape index (κ1) is 11.2. The number of morpholine rings is 1. The van der Waals surface area contributed by atoms with Crippen molar-refractivity contribution in [3.8, 4) is 11.3 Å². The lowest BCUT2D eigenvalue weighted by Gasteiger charge is -2.29. The third kappa shape index (κ3) is 2.09. The third-order valence-corrected chi connectivity index (χ3v) is 3.11. The molecule has 18 heavy (non-hydrogen) atoms. The Hall–Kier alpha value is -1.88. The van der Waals surface area contributed by atoms with E-state index in [1.165, 1.54) is 6.07 Å². The highest BCUT2D eigenvalue weighted by atomic mass is 19.1. The van der Waals surface area contributed by atoms with Gasteiger partial charge in [-0.25, -0.2) is 4.39 Å². The molecule has 1 N–H and O–H groups in total. The van der Waals surface area contributed by atoms with Crippen molar-refractivity contribution in [2.75, 3.05) is 31.2 Å². The van der Waals surface area contributed by atoms with Gasteiger partial charge in [-0.05, 0) is 18.2 Å². The van der Waals surface area contributed by atoms with Crippen molar-refractivity contribution in [2.24, 2.45) is 0 Å². The highest BCUT2D eigenvalue weighted by Crippen LogP contribution is 2.25. The molecule has 0 spiro atoms. The maximum absolute atomic E-state index is 14.1. The fourth-order valence-electron chi connectivity index (χ4n) is 2.15. The first-order valence-electron chi connectivity index (χ1n) is 5.96. The van der Waals surface area contributed by atoms with Crippen LogP contribution in [-0.2, 0) is 4.74 Å². The molecule has 1 aliphatic heterocycles. The van der Waals surface area contributed by atoms with Crippen molar-refractivity contribution in [2.45, 2.75) is 0 Å². The van der Waals surface area contributed by atoms with Gasteiger partial charge in [0, 0.05) is 24.8 Å². The number of anilines is 1. The highest BCUT2D eigenvalue weighted by Gasteiger charge is 2.15. The molecule has 1 aliphatic rings. The molecule has 1 aromatic carbocycles. The molecule has 1 fully saturated rings. The fraction of sp³-hybridized carbons (Fsp3) is 0.308. The lowest BCUT2D eigenvalue weighted by molar-refractivity contribution is 0.122. The van der Waals surface area contributed by atoms with E-state index in [4.69, 9.17) is 4.74 Å². The Morgan fingerprint density at radius 3 is 2.72 bits per heavy atom. The molecule has 0 bridgehead atoms. The van der Waals surface area contributed by atoms with E-state index in [1.807, 2.05) is 23.1 Å². The summed E-state index contributed by atoms with van der Waals surface area (Å²) in [4.78, 5) is 2.01. The number of benzene rings is 1. The van der Waals surface area contributed by atoms with Gasteiger partial charge in [0.15, 0.2) is 0 Å². The van der Waals surface area contributed by atoms with Crippen LogP contribution >= 0.6 is 0 Å². The summed E-state index contributed by atoms with van der Waals surface area (Å²) in [5, 5.41) is 6.70. The van der Waals surface area contributed by atoms with E-state index < -0.39 is 0 Å². The van der Waals surface area contributed by atoms with E-state index in [0.717, 1.165) is 24.3 Å². The molecule has 0 amide bonds. The Kier molecular flexibility index (Phi) is 2.98. The van der Waals surface area contributed by atoms with Gasteiger partial charge in [0.1, 0.15) is 5.82 Å². The van der Waals surface area contributed by atoms with Crippen LogP contribution in [0.25, 0.3) is 11.3 Å². The van der Waals surface area contributed by atoms with Gasteiger partial charge in [0.2, 0.25) is 0 Å². The van der Waals surface area contributed by atoms with Crippen LogP contribution in [0.2, 0.25) is 0 Å². The summed E-state index contributed by atoms with van der Waals surface area (Å²) >= 11 is 0. The van der Waals surface area contributed by atoms with Crippen LogP contribution in [0, 0.1) is 5.82 Å². The van der Waals surface area contributed by atoms with Gasteiger partial charge >= 0.3 is 0 Å². The number of nitrogens with zero attached hydrogens (tertiary/aromatic N) is 2. The Labute approximate surface area is 104 Å². The van der Waals surface area contributed by atoms with E-state index in [1.54, 1.807) is 6.20 Å². The first-order chi connectivity index (χ1) is 8.84. The Morgan fingerprint density at radius 2 is 2.06 bits per heavy atom. The van der Waals surface area contributed by atoms with Crippen LogP contribution in [-0.4, -0.2) is 36.5 Å². The van der Waals surface area contributed by atoms with E-state index in [2.05, 4.69) is 10.2 Å². The summed E-state index contributed by atoms with van der Waals surface area (Å²) in [7, 11) is 0. The molecule has 1 saturated heterocycles. The summed E-state index contributed by atoms with van der Waals surface area (Å²) in [5.74, 6) is -0.205. The zero-order valence-corrected chi connectivity index (χ0v) is 9.90. The average Bonchev–Trinajstić information content (AvgIpc) is 2.93. The predicted molar refractivity (Wildman–Crippen MR) is 67.0 cm³/mol. The fourth-order valence-corrected chi connectivity index (χ4v) is 2.15. The van der Waals surface area contributed by atoms with Crippen molar-refractivity contribution >= 4 is 5.69 Å². The molecule has 5 heteroatoms. The Bertz CT molecular complexity index is 521. The van der Waals surface area contributed by atoms with Crippen LogP contribution in [0.3, 0.4) is 0 Å². The first-order valence-corrected chi connectivity index (χ1v) is 5.96. The molecular weight excluding hydrogens is 233 g/mol. The molecule has 0 atom stereocenters. The zero-order chi connectivity index (χ0) is 12.4. The smallest absolute Gasteiger partial charge is 0.147 e. The van der Waals surface area contributed by atoms with Gasteiger partial charge in [-0.15, -0.1) is 0 Å². The van der Waals surface area contributed by atoms with E-state index in [-0.39, 0.29) is 5.82 Å². The molecule has 2 aromatic rings. The van der Waals surface area contributed by atoms with Crippen molar-refractivity contribution in [1.82, 2.24) is 10.2 Å². The van der Waals surface area contributed by atoms with E-state index in [9.17, 15) is 4.39 Å². The number of ether oxygens (including phenoxy) is 1. The van der Waals surface area contributed by atoms with Crippen LogP contribution in [0.4, 0.5) is 10.1 Å². The molecule has 0 aliphatic carbocycles. The third-order valence-electron chi connectivity index (χ3n) is 3.11. The largest absolute Gasteiger partial charge is 0.378 e. The molecule has 0 unspecified atom stereocenters. The van der Waals surface area contributed by atoms with Crippen molar-refractivity contribution < 1.29 is 9.13 Å². The second kappa shape index (κ2) is 4.78. The van der Waals surface area contributed by atoms with Gasteiger partial charge in [0.25, 0.3) is 0 Å². The Morgan fingerprint density at radius 1 is 1.22 bits per heavy atom. The normalized spacial score (nSPS) is 15.9. The summed E-state index contributed by atoms with van der Waals surface area (Å²) in [6, 6.07) is 7.08. The molecule has 4 nitrogen and oxygen atoms in total. The maximum atomic E-state index is 14.1. The number of nitrogens with one attached hydrogen (secondary N) is 1. The van der Waals surface area contributed by atoms with Gasteiger partial charge in [-0.1, -0.05) is 6.07 Å². The van der Waals surface area contributed by atoms with Gasteiger partial charge in [0.05, 0.1) is 24.6 Å². The van der Waals surface area contributed by atoms with Crippen molar-refractivity contribution in [1.29, 1.82) is 0 Å². The number of aromatic amines is 1. The summed E-state index contributed by atoms with van der Waals surface area (Å²) < 4.78 is 19.4. The average molecular weight is 247 g/mol. The van der Waals surface area contributed by atoms with Gasteiger partial charge in [-0.3, -0.25) is 5.10 Å². The minimum absolute atomic E-state index is 0.205. The molecule has 0 saturated carbocycles. The summed E-state index contributed by atoms with van der Waals surface area (Å²) in [5.41, 5.74) is 2.27. The quantitative estimate of drug-likeness (QED) is 0.883. The molecule has 0 radical (unpaired) electrons. The SMILES string of the molecule is Fc1cc(-c2ccn[nH]2)ccc1N1CCOCC1. The zero-order valence-electron chi connectivity index (χ0n) is 9.90. The molecule has 1 aromatic heterocycles. The lowest BCUT2D eigenvalue weighted by Crippen LogP contribution is -2.36. The molecule has 94 valence electrons. The van der Waals surface area contributed by atoms with Gasteiger partial charge < -0.3 is 9.64 Å². The van der Waals surface area contributed by atoms with Crippen molar-refractivity contribution in [3.63, 3.8) is 0 Å². The van der Waals surface area contributed by atoms with Gasteiger partial charge in [-0.2, -0.15) is 5.10 Å². The Balaban J connectivity index is 1.89. The van der Waals surface area contributed by atoms with Crippen LogP contribution < -0.4 is 4.90 Å². The number of hydrogen-bond donors (Lipinski definition) is 1. The monoisotopic (exact) mass is 247 g/mol. The number of H-pyrrole nitrogens is 1. The minimum atomic E-state index is -0.205. The minimum Gasteiger partial charge on any atom is -0.378 e. The van der Waals surface area contributed by atoms with Crippen LogP contribution in [0.5, 0.6) is 0 Å².